The first-order chi connectivity index (χ1) is 16.5. The molecule has 6 rings (SSSR count). The number of amides is 1. The molecular formula is C22H18F2N4O5S. The van der Waals surface area contributed by atoms with E-state index in [2.05, 4.69) is 14.7 Å². The number of aromatic nitrogens is 2. The van der Waals surface area contributed by atoms with Gasteiger partial charge >= 0.3 is 12.2 Å². The van der Waals surface area contributed by atoms with Crippen LogP contribution in [0.5, 0.6) is 17.6 Å². The van der Waals surface area contributed by atoms with Crippen molar-refractivity contribution in [3.05, 3.63) is 59.6 Å². The van der Waals surface area contributed by atoms with Crippen molar-refractivity contribution in [3.63, 3.8) is 0 Å². The van der Waals surface area contributed by atoms with Gasteiger partial charge in [-0.3, -0.25) is 4.90 Å². The van der Waals surface area contributed by atoms with Crippen LogP contribution in [0.2, 0.25) is 0 Å². The number of hydrogen-bond donors (Lipinski definition) is 1. The molecule has 1 aromatic carbocycles. The van der Waals surface area contributed by atoms with Crippen LogP contribution in [-0.4, -0.2) is 39.4 Å². The van der Waals surface area contributed by atoms with Gasteiger partial charge in [-0.1, -0.05) is 0 Å². The van der Waals surface area contributed by atoms with Gasteiger partial charge in [-0.05, 0) is 36.9 Å². The van der Waals surface area contributed by atoms with Gasteiger partial charge < -0.3 is 23.3 Å². The van der Waals surface area contributed by atoms with E-state index in [0.29, 0.717) is 10.8 Å². The number of halogens is 2. The van der Waals surface area contributed by atoms with E-state index in [1.165, 1.54) is 53.7 Å². The van der Waals surface area contributed by atoms with Gasteiger partial charge in [-0.25, -0.2) is 18.6 Å². The fourth-order valence-electron chi connectivity index (χ4n) is 3.88. The van der Waals surface area contributed by atoms with E-state index in [0.717, 1.165) is 12.8 Å². The average molecular weight is 488 g/mol. The number of nitrogens with zero attached hydrogens (tertiary/aromatic N) is 3. The SMILES string of the molecule is O=C1Oc2cc(Oc3ncco3)c(F)cc2C2(COC2)N1Cc1ccnc(NSC2CC2)c1F. The molecule has 2 aliphatic heterocycles. The van der Waals surface area contributed by atoms with Gasteiger partial charge in [0.1, 0.15) is 17.6 Å². The molecule has 1 N–H and O–H groups in total. The first-order valence-corrected chi connectivity index (χ1v) is 11.4. The van der Waals surface area contributed by atoms with Gasteiger partial charge in [0, 0.05) is 28.6 Å². The zero-order chi connectivity index (χ0) is 23.3. The molecule has 1 spiro atoms. The Morgan fingerprint density at radius 3 is 2.79 bits per heavy atom. The van der Waals surface area contributed by atoms with Crippen LogP contribution in [0, 0.1) is 11.6 Å². The largest absolute Gasteiger partial charge is 0.417 e. The molecule has 1 amide bonds. The zero-order valence-corrected chi connectivity index (χ0v) is 18.4. The lowest BCUT2D eigenvalue weighted by atomic mass is 9.84. The molecule has 0 bridgehead atoms. The molecule has 34 heavy (non-hydrogen) atoms. The van der Waals surface area contributed by atoms with Gasteiger partial charge in [-0.2, -0.15) is 4.98 Å². The van der Waals surface area contributed by atoms with E-state index >= 15 is 4.39 Å². The second-order valence-corrected chi connectivity index (χ2v) is 9.32. The second-order valence-electron chi connectivity index (χ2n) is 8.21. The summed E-state index contributed by atoms with van der Waals surface area (Å²) in [4.78, 5) is 22.3. The Hall–Kier alpha value is -3.38. The Bertz CT molecular complexity index is 1250. The average Bonchev–Trinajstić information content (AvgIpc) is 3.48. The molecule has 0 unspecified atom stereocenters. The van der Waals surface area contributed by atoms with Crippen molar-refractivity contribution >= 4 is 23.9 Å². The van der Waals surface area contributed by atoms with Crippen LogP contribution < -0.4 is 14.2 Å². The minimum Gasteiger partial charge on any atom is -0.417 e. The molecule has 176 valence electrons. The van der Waals surface area contributed by atoms with Crippen molar-refractivity contribution < 1.29 is 32.2 Å². The third-order valence-corrected chi connectivity index (χ3v) is 7.02. The van der Waals surface area contributed by atoms with E-state index in [-0.39, 0.29) is 48.7 Å². The van der Waals surface area contributed by atoms with Crippen LogP contribution in [0.1, 0.15) is 24.0 Å². The number of carbonyl (C=O) groups is 1. The smallest absolute Gasteiger partial charge is 0.416 e. The molecule has 0 atom stereocenters. The Labute approximate surface area is 196 Å². The topological polar surface area (TPSA) is 99.0 Å². The fraction of sp³-hybridized carbons (Fsp3) is 0.318. The van der Waals surface area contributed by atoms with E-state index in [1.807, 2.05) is 0 Å². The first-order valence-electron chi connectivity index (χ1n) is 10.6. The zero-order valence-electron chi connectivity index (χ0n) is 17.6. The maximum atomic E-state index is 15.2. The highest BCUT2D eigenvalue weighted by Crippen LogP contribution is 2.47. The summed E-state index contributed by atoms with van der Waals surface area (Å²) in [5, 5.41) is 0.459. The van der Waals surface area contributed by atoms with E-state index in [4.69, 9.17) is 18.6 Å². The first kappa shape index (κ1) is 21.2. The molecular weight excluding hydrogens is 470 g/mol. The van der Waals surface area contributed by atoms with E-state index < -0.39 is 23.3 Å². The molecule has 12 heteroatoms. The summed E-state index contributed by atoms with van der Waals surface area (Å²) in [6.07, 6.45) is 5.43. The predicted octanol–water partition coefficient (Wildman–Crippen LogP) is 4.60. The third-order valence-electron chi connectivity index (χ3n) is 5.90. The van der Waals surface area contributed by atoms with Crippen LogP contribution >= 0.6 is 11.9 Å². The number of pyridine rings is 1. The number of fused-ring (bicyclic) bond motifs is 2. The number of anilines is 1. The standard InChI is InChI=1S/C22H18F2N4O5S/c23-15-7-14-16(8-17(15)32-20-26-5-6-31-20)33-21(29)28(22(14)10-30-11-22)9-12-3-4-25-19(18(12)24)27-34-13-1-2-13/h3-8,13H,1-2,9-11H2,(H,25,27). The number of benzene rings is 1. The summed E-state index contributed by atoms with van der Waals surface area (Å²) in [7, 11) is 0. The number of hydrogen-bond acceptors (Lipinski definition) is 9. The Balaban J connectivity index is 1.30. The van der Waals surface area contributed by atoms with Crippen molar-refractivity contribution in [2.75, 3.05) is 17.9 Å². The highest BCUT2D eigenvalue weighted by Gasteiger charge is 2.54. The van der Waals surface area contributed by atoms with Crippen LogP contribution in [0.4, 0.5) is 19.4 Å². The fourth-order valence-corrected chi connectivity index (χ4v) is 4.67. The molecule has 1 saturated carbocycles. The van der Waals surface area contributed by atoms with Crippen molar-refractivity contribution in [3.8, 4) is 17.6 Å². The minimum atomic E-state index is -1.00. The second kappa shape index (κ2) is 8.13. The number of carbonyl (C=O) groups excluding carboxylic acids is 1. The van der Waals surface area contributed by atoms with Crippen molar-refractivity contribution in [1.82, 2.24) is 14.9 Å². The molecule has 0 radical (unpaired) electrons. The van der Waals surface area contributed by atoms with Gasteiger partial charge in [0.2, 0.25) is 0 Å². The normalized spacial score (nSPS) is 18.3. The quantitative estimate of drug-likeness (QED) is 0.478. The minimum absolute atomic E-state index is 0.102. The van der Waals surface area contributed by atoms with Gasteiger partial charge in [0.25, 0.3) is 0 Å². The lowest BCUT2D eigenvalue weighted by Crippen LogP contribution is -2.63. The molecule has 2 fully saturated rings. The van der Waals surface area contributed by atoms with Crippen molar-refractivity contribution in [2.24, 2.45) is 0 Å². The Morgan fingerprint density at radius 1 is 1.24 bits per heavy atom. The van der Waals surface area contributed by atoms with Gasteiger partial charge in [-0.15, -0.1) is 0 Å². The molecule has 1 aliphatic carbocycles. The highest BCUT2D eigenvalue weighted by atomic mass is 32.2. The molecule has 3 aliphatic rings. The van der Waals surface area contributed by atoms with E-state index in [9.17, 15) is 9.18 Å². The monoisotopic (exact) mass is 488 g/mol. The third kappa shape index (κ3) is 3.62. The van der Waals surface area contributed by atoms with Crippen LogP contribution in [0.3, 0.4) is 0 Å². The van der Waals surface area contributed by atoms with Crippen LogP contribution in [-0.2, 0) is 16.8 Å². The van der Waals surface area contributed by atoms with Crippen LogP contribution in [0.25, 0.3) is 0 Å². The number of nitrogens with one attached hydrogen (secondary N) is 1. The summed E-state index contributed by atoms with van der Waals surface area (Å²) >= 11 is 1.43. The molecule has 1 saturated heterocycles. The summed E-state index contributed by atoms with van der Waals surface area (Å²) in [6.45, 7) is 0.128. The lowest BCUT2D eigenvalue weighted by Gasteiger charge is -2.51. The molecule has 4 heterocycles. The number of ether oxygens (including phenoxy) is 3. The van der Waals surface area contributed by atoms with Crippen molar-refractivity contribution in [1.29, 1.82) is 0 Å². The molecule has 3 aromatic rings. The Morgan fingerprint density at radius 2 is 2.09 bits per heavy atom. The maximum Gasteiger partial charge on any atom is 0.416 e. The van der Waals surface area contributed by atoms with E-state index in [1.54, 1.807) is 0 Å². The Kier molecular flexibility index (Phi) is 5.06. The lowest BCUT2D eigenvalue weighted by molar-refractivity contribution is -0.143. The van der Waals surface area contributed by atoms with Crippen molar-refractivity contribution in [2.45, 2.75) is 30.2 Å². The van der Waals surface area contributed by atoms with Gasteiger partial charge in [0.05, 0.1) is 26.0 Å². The summed E-state index contributed by atoms with van der Waals surface area (Å²) in [5.74, 6) is -1.21. The highest BCUT2D eigenvalue weighted by molar-refractivity contribution is 8.01. The predicted molar refractivity (Wildman–Crippen MR) is 115 cm³/mol. The van der Waals surface area contributed by atoms with Crippen LogP contribution in [0.15, 0.2) is 41.3 Å². The molecule has 9 nitrogen and oxygen atoms in total. The number of oxazole rings is 1. The number of rotatable bonds is 7. The summed E-state index contributed by atoms with van der Waals surface area (Å²) in [6, 6.07) is 4.01. The summed E-state index contributed by atoms with van der Waals surface area (Å²) < 4.78 is 54.2. The molecule has 2 aromatic heterocycles. The maximum absolute atomic E-state index is 15.2. The van der Waals surface area contributed by atoms with Gasteiger partial charge in [0.15, 0.2) is 23.2 Å². The summed E-state index contributed by atoms with van der Waals surface area (Å²) in [5.41, 5.74) is -0.337.